The van der Waals surface area contributed by atoms with Gasteiger partial charge in [0, 0.05) is 11.1 Å². The minimum atomic E-state index is -0.877. The van der Waals surface area contributed by atoms with Crippen LogP contribution in [0.15, 0.2) is 78.9 Å². The van der Waals surface area contributed by atoms with E-state index in [1.54, 1.807) is 36.4 Å². The van der Waals surface area contributed by atoms with E-state index in [9.17, 15) is 8.78 Å². The van der Waals surface area contributed by atoms with E-state index in [0.717, 1.165) is 49.7 Å². The van der Waals surface area contributed by atoms with E-state index in [-0.39, 0.29) is 23.6 Å². The quantitative estimate of drug-likeness (QED) is 0.186. The van der Waals surface area contributed by atoms with E-state index < -0.39 is 11.6 Å². The number of halogens is 3. The van der Waals surface area contributed by atoms with Crippen LogP contribution in [0.2, 0.25) is 0 Å². The van der Waals surface area contributed by atoms with Crippen molar-refractivity contribution in [3.63, 3.8) is 0 Å². The summed E-state index contributed by atoms with van der Waals surface area (Å²) < 4.78 is 50.2. The number of hydrogen-bond acceptors (Lipinski definition) is 1. The lowest BCUT2D eigenvalue weighted by molar-refractivity contribution is 0.305. The van der Waals surface area contributed by atoms with Crippen LogP contribution >= 0.6 is 0 Å². The van der Waals surface area contributed by atoms with Crippen LogP contribution in [-0.4, -0.2) is 0 Å². The van der Waals surface area contributed by atoms with Crippen LogP contribution in [-0.2, 0) is 19.4 Å². The van der Waals surface area contributed by atoms with Gasteiger partial charge in [-0.2, -0.15) is 0 Å². The zero-order valence-electron chi connectivity index (χ0n) is 21.5. The second-order valence-electron chi connectivity index (χ2n) is 9.43. The molecule has 192 valence electrons. The summed E-state index contributed by atoms with van der Waals surface area (Å²) in [5.74, 6) is -1.37. The Morgan fingerprint density at radius 3 is 1.76 bits per heavy atom. The molecule has 4 rings (SSSR count). The largest absolute Gasteiger partial charge is 0.489 e. The minimum absolute atomic E-state index is 0.191. The lowest BCUT2D eigenvalue weighted by Crippen LogP contribution is -1.99. The highest BCUT2D eigenvalue weighted by Crippen LogP contribution is 2.32. The standard InChI is InChI=1S/C33H33F3O/c1-3-5-6-8-27-14-11-24(21-31(27)34)22-37-28-17-15-26(16-18-28)30-20-19-29(32(35)33(30)36)25-12-9-23(7-4-2)10-13-25/h9-21H,3-8,22H2,1-2H3. The molecule has 0 aliphatic heterocycles. The summed E-state index contributed by atoms with van der Waals surface area (Å²) in [6.07, 6.45) is 5.91. The van der Waals surface area contributed by atoms with Crippen molar-refractivity contribution in [2.24, 2.45) is 0 Å². The molecule has 4 aromatic carbocycles. The molecule has 0 bridgehead atoms. The fourth-order valence-corrected chi connectivity index (χ4v) is 4.48. The Morgan fingerprint density at radius 1 is 0.595 bits per heavy atom. The van der Waals surface area contributed by atoms with Gasteiger partial charge in [0.25, 0.3) is 0 Å². The molecule has 0 unspecified atom stereocenters. The molecule has 0 radical (unpaired) electrons. The first-order valence-corrected chi connectivity index (χ1v) is 13.1. The normalized spacial score (nSPS) is 11.1. The van der Waals surface area contributed by atoms with Crippen LogP contribution < -0.4 is 4.74 Å². The molecular formula is C33H33F3O. The van der Waals surface area contributed by atoms with Gasteiger partial charge in [-0.05, 0) is 65.3 Å². The molecule has 0 heterocycles. The molecule has 0 N–H and O–H groups in total. The van der Waals surface area contributed by atoms with Gasteiger partial charge < -0.3 is 4.74 Å². The predicted octanol–water partition coefficient (Wildman–Crippen LogP) is 9.70. The summed E-state index contributed by atoms with van der Waals surface area (Å²) >= 11 is 0. The SMILES string of the molecule is CCCCCc1ccc(COc2ccc(-c3ccc(-c4ccc(CCC)cc4)c(F)c3F)cc2)cc1F. The van der Waals surface area contributed by atoms with Gasteiger partial charge >= 0.3 is 0 Å². The second-order valence-corrected chi connectivity index (χ2v) is 9.43. The molecule has 0 aromatic heterocycles. The zero-order chi connectivity index (χ0) is 26.2. The molecule has 0 fully saturated rings. The van der Waals surface area contributed by atoms with Crippen molar-refractivity contribution in [3.8, 4) is 28.0 Å². The Hall–Kier alpha value is -3.53. The van der Waals surface area contributed by atoms with Crippen LogP contribution in [0.4, 0.5) is 13.2 Å². The monoisotopic (exact) mass is 502 g/mol. The Kier molecular flexibility index (Phi) is 9.05. The first-order valence-electron chi connectivity index (χ1n) is 13.1. The number of benzene rings is 4. The van der Waals surface area contributed by atoms with Gasteiger partial charge in [0.2, 0.25) is 0 Å². The van der Waals surface area contributed by atoms with Gasteiger partial charge in [0.05, 0.1) is 0 Å². The molecule has 0 spiro atoms. The van der Waals surface area contributed by atoms with Gasteiger partial charge in [0.1, 0.15) is 18.2 Å². The smallest absolute Gasteiger partial charge is 0.167 e. The summed E-state index contributed by atoms with van der Waals surface area (Å²) in [5.41, 5.74) is 4.29. The molecule has 0 atom stereocenters. The van der Waals surface area contributed by atoms with Crippen molar-refractivity contribution in [3.05, 3.63) is 113 Å². The fraction of sp³-hybridized carbons (Fsp3) is 0.273. The molecule has 0 aliphatic rings. The van der Waals surface area contributed by atoms with Gasteiger partial charge in [-0.25, -0.2) is 13.2 Å². The van der Waals surface area contributed by atoms with Gasteiger partial charge in [0.15, 0.2) is 11.6 Å². The van der Waals surface area contributed by atoms with Crippen LogP contribution in [0.3, 0.4) is 0 Å². The molecule has 37 heavy (non-hydrogen) atoms. The average molecular weight is 503 g/mol. The Bertz CT molecular complexity index is 1310. The van der Waals surface area contributed by atoms with E-state index in [1.807, 2.05) is 36.4 Å². The molecule has 4 aromatic rings. The summed E-state index contributed by atoms with van der Waals surface area (Å²) in [4.78, 5) is 0. The van der Waals surface area contributed by atoms with Gasteiger partial charge in [-0.1, -0.05) is 93.8 Å². The Morgan fingerprint density at radius 2 is 1.19 bits per heavy atom. The van der Waals surface area contributed by atoms with Gasteiger partial charge in [-0.3, -0.25) is 0 Å². The molecule has 0 aliphatic carbocycles. The Balaban J connectivity index is 1.42. The maximum atomic E-state index is 15.0. The number of hydrogen-bond donors (Lipinski definition) is 0. The first kappa shape index (κ1) is 26.5. The van der Waals surface area contributed by atoms with Crippen LogP contribution in [0.25, 0.3) is 22.3 Å². The zero-order valence-corrected chi connectivity index (χ0v) is 21.5. The Labute approximate surface area is 217 Å². The highest BCUT2D eigenvalue weighted by atomic mass is 19.2. The summed E-state index contributed by atoms with van der Waals surface area (Å²) in [7, 11) is 0. The molecule has 1 nitrogen and oxygen atoms in total. The topological polar surface area (TPSA) is 9.23 Å². The molecule has 4 heteroatoms. The first-order chi connectivity index (χ1) is 18.0. The van der Waals surface area contributed by atoms with Crippen molar-refractivity contribution in [2.75, 3.05) is 0 Å². The van der Waals surface area contributed by atoms with E-state index in [1.165, 1.54) is 11.6 Å². The highest BCUT2D eigenvalue weighted by Gasteiger charge is 2.16. The maximum absolute atomic E-state index is 15.0. The van der Waals surface area contributed by atoms with Crippen molar-refractivity contribution in [1.29, 1.82) is 0 Å². The van der Waals surface area contributed by atoms with Crippen LogP contribution in [0, 0.1) is 17.5 Å². The predicted molar refractivity (Wildman–Crippen MR) is 145 cm³/mol. The highest BCUT2D eigenvalue weighted by molar-refractivity contribution is 5.72. The van der Waals surface area contributed by atoms with Crippen LogP contribution in [0.5, 0.6) is 5.75 Å². The number of ether oxygens (including phenoxy) is 1. The van der Waals surface area contributed by atoms with Gasteiger partial charge in [-0.15, -0.1) is 0 Å². The van der Waals surface area contributed by atoms with E-state index in [0.29, 0.717) is 16.9 Å². The number of unbranched alkanes of at least 4 members (excludes halogenated alkanes) is 2. The van der Waals surface area contributed by atoms with Crippen molar-refractivity contribution >= 4 is 0 Å². The third kappa shape index (κ3) is 6.62. The van der Waals surface area contributed by atoms with Crippen LogP contribution in [0.1, 0.15) is 56.2 Å². The minimum Gasteiger partial charge on any atom is -0.489 e. The third-order valence-corrected chi connectivity index (χ3v) is 6.62. The maximum Gasteiger partial charge on any atom is 0.167 e. The van der Waals surface area contributed by atoms with E-state index in [4.69, 9.17) is 4.74 Å². The lowest BCUT2D eigenvalue weighted by Gasteiger charge is -2.11. The summed E-state index contributed by atoms with van der Waals surface area (Å²) in [6.45, 7) is 4.46. The molecule has 0 saturated heterocycles. The molecule has 0 saturated carbocycles. The van der Waals surface area contributed by atoms with E-state index >= 15 is 4.39 Å². The average Bonchev–Trinajstić information content (AvgIpc) is 2.91. The number of aryl methyl sites for hydroxylation is 2. The van der Waals surface area contributed by atoms with Crippen molar-refractivity contribution < 1.29 is 17.9 Å². The molecular weight excluding hydrogens is 469 g/mol. The number of rotatable bonds is 11. The lowest BCUT2D eigenvalue weighted by atomic mass is 9.97. The third-order valence-electron chi connectivity index (χ3n) is 6.62. The van der Waals surface area contributed by atoms with Crippen molar-refractivity contribution in [2.45, 2.75) is 59.0 Å². The van der Waals surface area contributed by atoms with E-state index in [2.05, 4.69) is 13.8 Å². The fourth-order valence-electron chi connectivity index (χ4n) is 4.48. The second kappa shape index (κ2) is 12.6. The summed E-state index contributed by atoms with van der Waals surface area (Å²) in [6, 6.07) is 22.9. The summed E-state index contributed by atoms with van der Waals surface area (Å²) in [5, 5.41) is 0. The molecule has 0 amide bonds. The van der Waals surface area contributed by atoms with Crippen molar-refractivity contribution in [1.82, 2.24) is 0 Å².